The highest BCUT2D eigenvalue weighted by Crippen LogP contribution is 2.21. The molecule has 0 radical (unpaired) electrons. The lowest BCUT2D eigenvalue weighted by molar-refractivity contribution is 0.605. The van der Waals surface area contributed by atoms with E-state index in [0.717, 1.165) is 0 Å². The van der Waals surface area contributed by atoms with Crippen molar-refractivity contribution >= 4 is 11.6 Å². The standard InChI is InChI=1S/C9H7ClFN/c1-2-8(12)6-4-3-5-7(10)9(6)11/h1,3-5,8H,12H2. The predicted molar refractivity (Wildman–Crippen MR) is 47.2 cm³/mol. The maximum atomic E-state index is 13.1. The summed E-state index contributed by atoms with van der Waals surface area (Å²) in [4.78, 5) is 0. The van der Waals surface area contributed by atoms with Crippen LogP contribution in [0.15, 0.2) is 18.2 Å². The van der Waals surface area contributed by atoms with Gasteiger partial charge in [-0.1, -0.05) is 29.7 Å². The molecule has 0 bridgehead atoms. The Hall–Kier alpha value is -1.04. The fourth-order valence-electron chi connectivity index (χ4n) is 0.850. The third kappa shape index (κ3) is 1.58. The summed E-state index contributed by atoms with van der Waals surface area (Å²) in [5.41, 5.74) is 5.68. The molecule has 0 amide bonds. The first kappa shape index (κ1) is 9.05. The molecule has 0 fully saturated rings. The van der Waals surface area contributed by atoms with Gasteiger partial charge in [0.15, 0.2) is 0 Å². The Labute approximate surface area is 75.3 Å². The van der Waals surface area contributed by atoms with E-state index in [0.29, 0.717) is 0 Å². The van der Waals surface area contributed by atoms with Crippen molar-refractivity contribution in [2.24, 2.45) is 5.73 Å². The van der Waals surface area contributed by atoms with Crippen molar-refractivity contribution < 1.29 is 4.39 Å². The molecule has 12 heavy (non-hydrogen) atoms. The monoisotopic (exact) mass is 183 g/mol. The molecule has 3 heteroatoms. The molecule has 0 heterocycles. The van der Waals surface area contributed by atoms with Gasteiger partial charge >= 0.3 is 0 Å². The highest BCUT2D eigenvalue weighted by molar-refractivity contribution is 6.30. The SMILES string of the molecule is C#CC(N)c1cccc(Cl)c1F. The molecule has 0 aromatic heterocycles. The molecule has 1 unspecified atom stereocenters. The smallest absolute Gasteiger partial charge is 0.147 e. The first-order chi connectivity index (χ1) is 5.66. The highest BCUT2D eigenvalue weighted by Gasteiger charge is 2.10. The summed E-state index contributed by atoms with van der Waals surface area (Å²) in [5, 5.41) is 0.0400. The second-order valence-corrected chi connectivity index (χ2v) is 2.69. The van der Waals surface area contributed by atoms with Crippen LogP contribution < -0.4 is 5.73 Å². The first-order valence-corrected chi connectivity index (χ1v) is 3.70. The minimum absolute atomic E-state index is 0.0400. The van der Waals surface area contributed by atoms with E-state index in [9.17, 15) is 4.39 Å². The molecule has 0 aliphatic rings. The predicted octanol–water partition coefficient (Wildman–Crippen LogP) is 2.11. The number of terminal acetylenes is 1. The van der Waals surface area contributed by atoms with Crippen LogP contribution in [0.1, 0.15) is 11.6 Å². The van der Waals surface area contributed by atoms with Gasteiger partial charge in [0.05, 0.1) is 11.1 Å². The molecule has 1 aromatic carbocycles. The van der Waals surface area contributed by atoms with Crippen molar-refractivity contribution in [3.8, 4) is 12.3 Å². The highest BCUT2D eigenvalue weighted by atomic mass is 35.5. The van der Waals surface area contributed by atoms with E-state index < -0.39 is 11.9 Å². The van der Waals surface area contributed by atoms with E-state index in [4.69, 9.17) is 23.8 Å². The van der Waals surface area contributed by atoms with E-state index >= 15 is 0 Å². The van der Waals surface area contributed by atoms with Gasteiger partial charge in [-0.15, -0.1) is 6.42 Å². The Morgan fingerprint density at radius 2 is 2.25 bits per heavy atom. The number of hydrogen-bond donors (Lipinski definition) is 1. The van der Waals surface area contributed by atoms with Gasteiger partial charge in [0.2, 0.25) is 0 Å². The second kappa shape index (κ2) is 3.57. The van der Waals surface area contributed by atoms with Gasteiger partial charge in [-0.2, -0.15) is 0 Å². The van der Waals surface area contributed by atoms with E-state index in [2.05, 4.69) is 5.92 Å². The molecule has 1 nitrogen and oxygen atoms in total. The van der Waals surface area contributed by atoms with Gasteiger partial charge in [-0.25, -0.2) is 4.39 Å². The molecular formula is C9H7ClFN. The van der Waals surface area contributed by atoms with Crippen LogP contribution in [0.25, 0.3) is 0 Å². The van der Waals surface area contributed by atoms with Crippen LogP contribution in [0.3, 0.4) is 0 Å². The lowest BCUT2D eigenvalue weighted by Crippen LogP contribution is -2.09. The second-order valence-electron chi connectivity index (χ2n) is 2.29. The van der Waals surface area contributed by atoms with Crippen molar-refractivity contribution in [2.45, 2.75) is 6.04 Å². The van der Waals surface area contributed by atoms with Crippen molar-refractivity contribution in [3.05, 3.63) is 34.6 Å². The molecule has 62 valence electrons. The summed E-state index contributed by atoms with van der Waals surface area (Å²) >= 11 is 5.52. The molecule has 0 spiro atoms. The average Bonchev–Trinajstić information content (AvgIpc) is 2.08. The maximum absolute atomic E-state index is 13.1. The van der Waals surface area contributed by atoms with Gasteiger partial charge in [-0.3, -0.25) is 0 Å². The van der Waals surface area contributed by atoms with Crippen molar-refractivity contribution in [2.75, 3.05) is 0 Å². The number of rotatable bonds is 1. The zero-order valence-electron chi connectivity index (χ0n) is 6.22. The Kier molecular flexibility index (Phi) is 2.69. The molecule has 0 saturated carbocycles. The largest absolute Gasteiger partial charge is 0.314 e. The quantitative estimate of drug-likeness (QED) is 0.664. The molecule has 1 aromatic rings. The summed E-state index contributed by atoms with van der Waals surface area (Å²) < 4.78 is 13.1. The molecule has 1 atom stereocenters. The van der Waals surface area contributed by atoms with Crippen LogP contribution >= 0.6 is 11.6 Å². The molecule has 2 N–H and O–H groups in total. The van der Waals surface area contributed by atoms with Gasteiger partial charge in [0, 0.05) is 5.56 Å². The summed E-state index contributed by atoms with van der Waals surface area (Å²) in [5.74, 6) is 1.69. The lowest BCUT2D eigenvalue weighted by Gasteiger charge is -2.06. The summed E-state index contributed by atoms with van der Waals surface area (Å²) in [7, 11) is 0. The summed E-state index contributed by atoms with van der Waals surface area (Å²) in [6.07, 6.45) is 5.04. The average molecular weight is 184 g/mol. The zero-order chi connectivity index (χ0) is 9.14. The summed E-state index contributed by atoms with van der Waals surface area (Å²) in [6.45, 7) is 0. The van der Waals surface area contributed by atoms with Crippen molar-refractivity contribution in [1.29, 1.82) is 0 Å². The number of hydrogen-bond acceptors (Lipinski definition) is 1. The van der Waals surface area contributed by atoms with Crippen LogP contribution in [0.4, 0.5) is 4.39 Å². The van der Waals surface area contributed by atoms with E-state index in [-0.39, 0.29) is 10.6 Å². The summed E-state index contributed by atoms with van der Waals surface area (Å²) in [6, 6.07) is 3.84. The maximum Gasteiger partial charge on any atom is 0.147 e. The fraction of sp³-hybridized carbons (Fsp3) is 0.111. The first-order valence-electron chi connectivity index (χ1n) is 3.32. The fourth-order valence-corrected chi connectivity index (χ4v) is 1.03. The van der Waals surface area contributed by atoms with Crippen LogP contribution in [0, 0.1) is 18.2 Å². The Balaban J connectivity index is 3.18. The third-order valence-corrected chi connectivity index (χ3v) is 1.79. The molecule has 0 aliphatic carbocycles. The van der Waals surface area contributed by atoms with Gasteiger partial charge in [0.1, 0.15) is 5.82 Å². The van der Waals surface area contributed by atoms with E-state index in [1.165, 1.54) is 12.1 Å². The minimum atomic E-state index is -0.733. The van der Waals surface area contributed by atoms with Gasteiger partial charge < -0.3 is 5.73 Å². The van der Waals surface area contributed by atoms with Crippen LogP contribution in [0.2, 0.25) is 5.02 Å². The lowest BCUT2D eigenvalue weighted by atomic mass is 10.1. The molecule has 1 rings (SSSR count). The van der Waals surface area contributed by atoms with Crippen LogP contribution in [-0.2, 0) is 0 Å². The van der Waals surface area contributed by atoms with Crippen molar-refractivity contribution in [3.63, 3.8) is 0 Å². The molecule has 0 saturated heterocycles. The zero-order valence-corrected chi connectivity index (χ0v) is 6.98. The van der Waals surface area contributed by atoms with Crippen LogP contribution in [-0.4, -0.2) is 0 Å². The third-order valence-electron chi connectivity index (χ3n) is 1.50. The Morgan fingerprint density at radius 3 is 2.83 bits per heavy atom. The van der Waals surface area contributed by atoms with Crippen LogP contribution in [0.5, 0.6) is 0 Å². The Morgan fingerprint density at radius 1 is 1.58 bits per heavy atom. The number of halogens is 2. The van der Waals surface area contributed by atoms with Crippen molar-refractivity contribution in [1.82, 2.24) is 0 Å². The molecular weight excluding hydrogens is 177 g/mol. The van der Waals surface area contributed by atoms with E-state index in [1.54, 1.807) is 6.07 Å². The number of benzene rings is 1. The van der Waals surface area contributed by atoms with Gasteiger partial charge in [-0.05, 0) is 6.07 Å². The normalized spacial score (nSPS) is 12.2. The Bertz CT molecular complexity index is 330. The van der Waals surface area contributed by atoms with Gasteiger partial charge in [0.25, 0.3) is 0 Å². The minimum Gasteiger partial charge on any atom is -0.314 e. The topological polar surface area (TPSA) is 26.0 Å². The number of nitrogens with two attached hydrogens (primary N) is 1. The van der Waals surface area contributed by atoms with E-state index in [1.807, 2.05) is 0 Å². The molecule has 0 aliphatic heterocycles.